The number of carbonyl (C=O) groups excluding carboxylic acids is 1. The molecule has 2 aromatic heterocycles. The predicted molar refractivity (Wildman–Crippen MR) is 89.1 cm³/mol. The van der Waals surface area contributed by atoms with Crippen LogP contribution in [0.5, 0.6) is 5.75 Å². The fourth-order valence-electron chi connectivity index (χ4n) is 2.63. The van der Waals surface area contributed by atoms with Crippen LogP contribution in [0.25, 0.3) is 21.9 Å². The van der Waals surface area contributed by atoms with E-state index in [1.165, 1.54) is 0 Å². The molecule has 0 saturated heterocycles. The van der Waals surface area contributed by atoms with Gasteiger partial charge in [-0.05, 0) is 19.1 Å². The maximum absolute atomic E-state index is 11.6. The second kappa shape index (κ2) is 5.75. The van der Waals surface area contributed by atoms with Crippen molar-refractivity contribution in [2.24, 2.45) is 0 Å². The number of ether oxygens (including phenoxy) is 1. The Labute approximate surface area is 133 Å². The molecule has 0 spiro atoms. The van der Waals surface area contributed by atoms with Crippen LogP contribution >= 0.6 is 0 Å². The Morgan fingerprint density at radius 3 is 2.83 bits per heavy atom. The van der Waals surface area contributed by atoms with E-state index < -0.39 is 0 Å². The normalized spacial score (nSPS) is 11.1. The quantitative estimate of drug-likeness (QED) is 0.768. The third-order valence-electron chi connectivity index (χ3n) is 3.88. The molecule has 3 aromatic rings. The summed E-state index contributed by atoms with van der Waals surface area (Å²) in [5.74, 6) is 1.77. The maximum atomic E-state index is 11.6. The fraction of sp³-hybridized carbons (Fsp3) is 0.312. The van der Waals surface area contributed by atoms with Gasteiger partial charge in [-0.2, -0.15) is 0 Å². The van der Waals surface area contributed by atoms with Gasteiger partial charge in [-0.3, -0.25) is 4.79 Å². The molecule has 0 aliphatic heterocycles. The van der Waals surface area contributed by atoms with Gasteiger partial charge < -0.3 is 20.4 Å². The fourth-order valence-corrected chi connectivity index (χ4v) is 2.63. The van der Waals surface area contributed by atoms with Crippen LogP contribution in [0.4, 0.5) is 5.82 Å². The second-order valence-electron chi connectivity index (χ2n) is 5.32. The molecule has 1 amide bonds. The molecule has 0 atom stereocenters. The number of pyridine rings is 1. The Morgan fingerprint density at radius 2 is 2.17 bits per heavy atom. The molecule has 23 heavy (non-hydrogen) atoms. The number of nitrogens with one attached hydrogen (secondary N) is 1. The standard InChI is InChI=1S/C16H19N5O2/c1-4-21(9(2)22)8-13-19-14-11-6-5-10(23-3)7-12(11)18-16(17)15(14)20-13/h5-7H,4,8H2,1-3H3,(H2,17,18)(H,19,20). The number of anilines is 1. The number of rotatable bonds is 4. The third-order valence-corrected chi connectivity index (χ3v) is 3.88. The van der Waals surface area contributed by atoms with Crippen molar-refractivity contribution in [1.29, 1.82) is 0 Å². The number of aromatic nitrogens is 3. The zero-order valence-corrected chi connectivity index (χ0v) is 13.4. The van der Waals surface area contributed by atoms with Crippen molar-refractivity contribution in [3.8, 4) is 5.75 Å². The number of hydrogen-bond donors (Lipinski definition) is 2. The lowest BCUT2D eigenvalue weighted by atomic mass is 10.2. The number of nitrogens with zero attached hydrogens (tertiary/aromatic N) is 3. The average Bonchev–Trinajstić information content (AvgIpc) is 2.96. The lowest BCUT2D eigenvalue weighted by Crippen LogP contribution is -2.28. The largest absolute Gasteiger partial charge is 0.497 e. The van der Waals surface area contributed by atoms with Crippen LogP contribution in [0, 0.1) is 0 Å². The monoisotopic (exact) mass is 313 g/mol. The van der Waals surface area contributed by atoms with E-state index in [0.29, 0.717) is 30.2 Å². The maximum Gasteiger partial charge on any atom is 0.219 e. The molecule has 2 heterocycles. The Morgan fingerprint density at radius 1 is 1.39 bits per heavy atom. The third kappa shape index (κ3) is 2.65. The highest BCUT2D eigenvalue weighted by atomic mass is 16.5. The van der Waals surface area contributed by atoms with E-state index in [1.807, 2.05) is 25.1 Å². The van der Waals surface area contributed by atoms with Crippen molar-refractivity contribution >= 4 is 33.7 Å². The summed E-state index contributed by atoms with van der Waals surface area (Å²) in [7, 11) is 1.61. The summed E-state index contributed by atoms with van der Waals surface area (Å²) in [6.45, 7) is 4.51. The summed E-state index contributed by atoms with van der Waals surface area (Å²) in [6, 6.07) is 5.63. The molecule has 0 radical (unpaired) electrons. The van der Waals surface area contributed by atoms with Gasteiger partial charge in [0.25, 0.3) is 0 Å². The van der Waals surface area contributed by atoms with Crippen molar-refractivity contribution in [3.63, 3.8) is 0 Å². The summed E-state index contributed by atoms with van der Waals surface area (Å²) < 4.78 is 5.22. The van der Waals surface area contributed by atoms with Crippen LogP contribution in [0.2, 0.25) is 0 Å². The SMILES string of the molecule is CCN(Cc1nc2c(N)nc3cc(OC)ccc3c2[nH]1)C(C)=O. The first-order valence-corrected chi connectivity index (χ1v) is 7.40. The van der Waals surface area contributed by atoms with Crippen LogP contribution in [0.15, 0.2) is 18.2 Å². The van der Waals surface area contributed by atoms with E-state index in [9.17, 15) is 4.79 Å². The minimum Gasteiger partial charge on any atom is -0.497 e. The predicted octanol–water partition coefficient (Wildman–Crippen LogP) is 2.07. The number of nitrogen functional groups attached to an aromatic ring is 1. The van der Waals surface area contributed by atoms with E-state index in [2.05, 4.69) is 15.0 Å². The molecule has 1 aromatic carbocycles. The summed E-state index contributed by atoms with van der Waals surface area (Å²) in [5.41, 5.74) is 8.22. The zero-order valence-electron chi connectivity index (χ0n) is 13.4. The van der Waals surface area contributed by atoms with E-state index >= 15 is 0 Å². The second-order valence-corrected chi connectivity index (χ2v) is 5.32. The number of H-pyrrole nitrogens is 1. The number of hydrogen-bond acceptors (Lipinski definition) is 5. The minimum atomic E-state index is 0.00801. The number of methoxy groups -OCH3 is 1. The van der Waals surface area contributed by atoms with Crippen LogP contribution in [0.3, 0.4) is 0 Å². The molecule has 7 nitrogen and oxygen atoms in total. The lowest BCUT2D eigenvalue weighted by Gasteiger charge is -2.16. The highest BCUT2D eigenvalue weighted by Gasteiger charge is 2.15. The van der Waals surface area contributed by atoms with Gasteiger partial charge in [0.2, 0.25) is 5.91 Å². The first-order valence-electron chi connectivity index (χ1n) is 7.40. The first-order chi connectivity index (χ1) is 11.0. The highest BCUT2D eigenvalue weighted by Crippen LogP contribution is 2.28. The van der Waals surface area contributed by atoms with Crippen LogP contribution in [-0.4, -0.2) is 39.4 Å². The molecule has 0 aliphatic carbocycles. The number of fused-ring (bicyclic) bond motifs is 3. The number of imidazole rings is 1. The van der Waals surface area contributed by atoms with Gasteiger partial charge >= 0.3 is 0 Å². The molecule has 0 bridgehead atoms. The number of nitrogens with two attached hydrogens (primary N) is 1. The Hall–Kier alpha value is -2.83. The summed E-state index contributed by atoms with van der Waals surface area (Å²) >= 11 is 0. The van der Waals surface area contributed by atoms with Crippen LogP contribution in [0.1, 0.15) is 19.7 Å². The van der Waals surface area contributed by atoms with Gasteiger partial charge in [0.1, 0.15) is 17.1 Å². The van der Waals surface area contributed by atoms with E-state index in [1.54, 1.807) is 18.9 Å². The molecule has 120 valence electrons. The van der Waals surface area contributed by atoms with Crippen LogP contribution < -0.4 is 10.5 Å². The summed E-state index contributed by atoms with van der Waals surface area (Å²) in [5, 5.41) is 0.916. The van der Waals surface area contributed by atoms with E-state index in [4.69, 9.17) is 10.5 Å². The van der Waals surface area contributed by atoms with Crippen molar-refractivity contribution in [1.82, 2.24) is 19.9 Å². The number of aromatic amines is 1. The lowest BCUT2D eigenvalue weighted by molar-refractivity contribution is -0.129. The molecular formula is C16H19N5O2. The number of benzene rings is 1. The number of amides is 1. The summed E-state index contributed by atoms with van der Waals surface area (Å²) in [4.78, 5) is 25.5. The van der Waals surface area contributed by atoms with Crippen molar-refractivity contribution in [2.75, 3.05) is 19.4 Å². The summed E-state index contributed by atoms with van der Waals surface area (Å²) in [6.07, 6.45) is 0. The Kier molecular flexibility index (Phi) is 3.77. The highest BCUT2D eigenvalue weighted by molar-refractivity contribution is 6.06. The minimum absolute atomic E-state index is 0.00801. The topological polar surface area (TPSA) is 97.1 Å². The molecular weight excluding hydrogens is 294 g/mol. The first kappa shape index (κ1) is 15.1. The molecule has 3 rings (SSSR count). The van der Waals surface area contributed by atoms with Gasteiger partial charge in [0, 0.05) is 24.9 Å². The molecule has 0 aliphatic rings. The van der Waals surface area contributed by atoms with Crippen LogP contribution in [-0.2, 0) is 11.3 Å². The van der Waals surface area contributed by atoms with E-state index in [-0.39, 0.29) is 5.91 Å². The molecule has 7 heteroatoms. The Balaban J connectivity index is 2.13. The van der Waals surface area contributed by atoms with Crippen molar-refractivity contribution < 1.29 is 9.53 Å². The van der Waals surface area contributed by atoms with Crippen molar-refractivity contribution in [3.05, 3.63) is 24.0 Å². The smallest absolute Gasteiger partial charge is 0.219 e. The van der Waals surface area contributed by atoms with Gasteiger partial charge in [0.05, 0.1) is 24.7 Å². The van der Waals surface area contributed by atoms with Gasteiger partial charge in [-0.15, -0.1) is 0 Å². The average molecular weight is 313 g/mol. The molecule has 0 fully saturated rings. The van der Waals surface area contributed by atoms with Gasteiger partial charge in [-0.25, -0.2) is 9.97 Å². The van der Waals surface area contributed by atoms with Gasteiger partial charge in [-0.1, -0.05) is 0 Å². The van der Waals surface area contributed by atoms with Crippen molar-refractivity contribution in [2.45, 2.75) is 20.4 Å². The molecule has 0 saturated carbocycles. The molecule has 0 unspecified atom stereocenters. The number of carbonyl (C=O) groups is 1. The zero-order chi connectivity index (χ0) is 16.6. The molecule has 3 N–H and O–H groups in total. The Bertz CT molecular complexity index is 887. The van der Waals surface area contributed by atoms with E-state index in [0.717, 1.165) is 22.2 Å². The van der Waals surface area contributed by atoms with Gasteiger partial charge in [0.15, 0.2) is 5.82 Å².